The van der Waals surface area contributed by atoms with E-state index < -0.39 is 23.9 Å². The summed E-state index contributed by atoms with van der Waals surface area (Å²) in [5, 5.41) is 19.1. The minimum absolute atomic E-state index is 0.0393. The van der Waals surface area contributed by atoms with Crippen LogP contribution in [0.2, 0.25) is 0 Å². The molecule has 0 saturated carbocycles. The maximum Gasteiger partial charge on any atom is 0.317 e. The second-order valence-corrected chi connectivity index (χ2v) is 13.2. The van der Waals surface area contributed by atoms with Crippen molar-refractivity contribution in [3.8, 4) is 17.2 Å². The van der Waals surface area contributed by atoms with E-state index in [1.54, 1.807) is 12.0 Å². The Balaban J connectivity index is 0.000000442. The number of hydrogen-bond acceptors (Lipinski definition) is 8. The van der Waals surface area contributed by atoms with E-state index in [2.05, 4.69) is 32.6 Å². The predicted octanol–water partition coefficient (Wildman–Crippen LogP) is 6.67. The highest BCUT2D eigenvalue weighted by atomic mass is 16.7. The Morgan fingerprint density at radius 1 is 0.760 bits per heavy atom. The molecule has 2 aromatic rings. The first-order chi connectivity index (χ1) is 24.2. The van der Waals surface area contributed by atoms with Crippen LogP contribution in [-0.2, 0) is 14.4 Å². The van der Waals surface area contributed by atoms with Crippen molar-refractivity contribution in [3.05, 3.63) is 53.6 Å². The lowest BCUT2D eigenvalue weighted by Crippen LogP contribution is -2.42. The number of benzene rings is 2. The number of carbonyl (C=O) groups excluding carboxylic acids is 1. The Hall–Kier alpha value is -3.83. The largest absolute Gasteiger partial charge is 0.497 e. The maximum atomic E-state index is 13.8. The summed E-state index contributed by atoms with van der Waals surface area (Å²) in [4.78, 5) is 43.1. The first-order valence-electron chi connectivity index (χ1n) is 18.4. The summed E-state index contributed by atoms with van der Waals surface area (Å²) in [6, 6.07) is 12.4. The van der Waals surface area contributed by atoms with Gasteiger partial charge < -0.3 is 29.3 Å². The number of aliphatic carboxylic acids is 2. The third-order valence-corrected chi connectivity index (χ3v) is 9.42. The molecular weight excluding hydrogens is 638 g/mol. The van der Waals surface area contributed by atoms with Crippen LogP contribution in [0.15, 0.2) is 42.5 Å². The maximum absolute atomic E-state index is 13.8. The normalized spacial score (nSPS) is 17.9. The Labute approximate surface area is 298 Å². The van der Waals surface area contributed by atoms with Crippen molar-refractivity contribution >= 4 is 17.8 Å². The minimum atomic E-state index is -0.924. The summed E-state index contributed by atoms with van der Waals surface area (Å²) in [5.74, 6) is -0.930. The first kappa shape index (κ1) is 40.6. The molecule has 0 aliphatic carbocycles. The summed E-state index contributed by atoms with van der Waals surface area (Å²) >= 11 is 0. The smallest absolute Gasteiger partial charge is 0.317 e. The van der Waals surface area contributed by atoms with Crippen LogP contribution in [-0.4, -0.2) is 102 Å². The lowest BCUT2D eigenvalue weighted by molar-refractivity contribution is -0.144. The van der Waals surface area contributed by atoms with E-state index in [1.165, 1.54) is 0 Å². The van der Waals surface area contributed by atoms with Gasteiger partial charge in [0, 0.05) is 12.5 Å². The van der Waals surface area contributed by atoms with Crippen molar-refractivity contribution in [1.82, 2.24) is 14.7 Å². The summed E-state index contributed by atoms with van der Waals surface area (Å²) in [6.45, 7) is 13.0. The first-order valence-corrected chi connectivity index (χ1v) is 18.4. The summed E-state index contributed by atoms with van der Waals surface area (Å²) in [7, 11) is 1.59. The van der Waals surface area contributed by atoms with Gasteiger partial charge in [0.05, 0.1) is 32.2 Å². The van der Waals surface area contributed by atoms with Crippen LogP contribution in [0.5, 0.6) is 17.2 Å². The van der Waals surface area contributed by atoms with Gasteiger partial charge in [0.2, 0.25) is 12.7 Å². The molecule has 4 rings (SSSR count). The molecule has 1 fully saturated rings. The summed E-state index contributed by atoms with van der Waals surface area (Å²) in [5.41, 5.74) is 1.62. The molecule has 0 bridgehead atoms. The van der Waals surface area contributed by atoms with Gasteiger partial charge in [-0.3, -0.25) is 24.2 Å². The highest BCUT2D eigenvalue weighted by Crippen LogP contribution is 2.48. The van der Waals surface area contributed by atoms with E-state index in [-0.39, 0.29) is 31.7 Å². The molecule has 0 unspecified atom stereocenters. The molecule has 0 radical (unpaired) electrons. The highest BCUT2D eigenvalue weighted by molar-refractivity contribution is 5.82. The molecule has 50 heavy (non-hydrogen) atoms. The van der Waals surface area contributed by atoms with E-state index in [9.17, 15) is 19.5 Å². The molecule has 1 saturated heterocycles. The number of methoxy groups -OCH3 is 1. The van der Waals surface area contributed by atoms with E-state index in [4.69, 9.17) is 19.3 Å². The van der Waals surface area contributed by atoms with Gasteiger partial charge in [0.1, 0.15) is 5.75 Å². The van der Waals surface area contributed by atoms with Gasteiger partial charge in [0.25, 0.3) is 0 Å². The fraction of sp³-hybridized carbons (Fsp3) is 0.615. The number of fused-ring (bicyclic) bond motifs is 1. The van der Waals surface area contributed by atoms with Crippen molar-refractivity contribution in [1.29, 1.82) is 0 Å². The molecule has 0 spiro atoms. The number of hydrogen-bond donors (Lipinski definition) is 2. The molecule has 1 amide bonds. The molecule has 2 aromatic carbocycles. The van der Waals surface area contributed by atoms with Crippen molar-refractivity contribution in [2.45, 2.75) is 91.0 Å². The molecule has 278 valence electrons. The van der Waals surface area contributed by atoms with Crippen molar-refractivity contribution < 1.29 is 38.8 Å². The molecule has 3 atom stereocenters. The second-order valence-electron chi connectivity index (χ2n) is 13.2. The third-order valence-electron chi connectivity index (χ3n) is 9.42. The van der Waals surface area contributed by atoms with Crippen molar-refractivity contribution in [3.63, 3.8) is 0 Å². The number of unbranched alkanes of at least 4 members (excludes halogenated alkanes) is 4. The number of rotatable bonds is 20. The summed E-state index contributed by atoms with van der Waals surface area (Å²) < 4.78 is 16.3. The number of carboxylic acids is 2. The average molecular weight is 698 g/mol. The van der Waals surface area contributed by atoms with Gasteiger partial charge in [-0.2, -0.15) is 0 Å². The molecule has 0 aromatic heterocycles. The summed E-state index contributed by atoms with van der Waals surface area (Å²) in [6.07, 6.45) is 8.61. The van der Waals surface area contributed by atoms with Gasteiger partial charge in [0.15, 0.2) is 11.5 Å². The number of amides is 1. The predicted molar refractivity (Wildman–Crippen MR) is 194 cm³/mol. The molecule has 2 aliphatic heterocycles. The molecule has 2 heterocycles. The Kier molecular flexibility index (Phi) is 17.4. The number of carbonyl (C=O) groups is 3. The monoisotopic (exact) mass is 697 g/mol. The van der Waals surface area contributed by atoms with Gasteiger partial charge >= 0.3 is 11.9 Å². The molecule has 11 nitrogen and oxygen atoms in total. The van der Waals surface area contributed by atoms with Crippen LogP contribution in [0, 0.1) is 5.92 Å². The number of nitrogens with zero attached hydrogens (tertiary/aromatic N) is 3. The lowest BCUT2D eigenvalue weighted by atomic mass is 9.82. The van der Waals surface area contributed by atoms with E-state index in [0.717, 1.165) is 88.7 Å². The Bertz CT molecular complexity index is 1320. The van der Waals surface area contributed by atoms with Crippen LogP contribution < -0.4 is 14.2 Å². The van der Waals surface area contributed by atoms with Crippen molar-refractivity contribution in [2.75, 3.05) is 59.7 Å². The topological polar surface area (TPSA) is 129 Å². The highest BCUT2D eigenvalue weighted by Gasteiger charge is 2.49. The van der Waals surface area contributed by atoms with Gasteiger partial charge in [-0.05, 0) is 87.3 Å². The standard InChI is InChI=1S/C29H38N2O6.C10H21NO2/c1-4-6-14-30(15-7-5-2)18-26(32)31-17-23(21-10-13-24-25(16-21)37-19-36-24)27(29(33)34)28(31)20-8-11-22(35-3)12-9-20;1-3-5-7-11(8-6-4-2)9-10(12)13/h8-13,16,23,27-28H,4-7,14-15,17-19H2,1-3H3,(H,33,34);3-9H2,1-2H3,(H,12,13)/t23-,27+,28-;/m1./s1. The zero-order chi connectivity index (χ0) is 36.5. The molecule has 11 heteroatoms. The zero-order valence-corrected chi connectivity index (χ0v) is 30.8. The van der Waals surface area contributed by atoms with Gasteiger partial charge in [-0.25, -0.2) is 0 Å². The van der Waals surface area contributed by atoms with Crippen molar-refractivity contribution in [2.24, 2.45) is 5.92 Å². The SMILES string of the molecule is CCCCN(CCCC)CC(=O)N1C[C@H](c2ccc3c(c2)OCO3)[C@H](C(=O)O)[C@H]1c1ccc(OC)cc1.CCCCN(CCCC)CC(=O)O. The molecule has 2 aliphatic rings. The molecular formula is C39H59N3O8. The lowest BCUT2D eigenvalue weighted by Gasteiger charge is -2.30. The van der Waals surface area contributed by atoms with Crippen LogP contribution >= 0.6 is 0 Å². The zero-order valence-electron chi connectivity index (χ0n) is 30.8. The van der Waals surface area contributed by atoms with E-state index in [0.29, 0.717) is 23.8 Å². The van der Waals surface area contributed by atoms with E-state index in [1.807, 2.05) is 47.4 Å². The van der Waals surface area contributed by atoms with Gasteiger partial charge in [-0.1, -0.05) is 71.6 Å². The third kappa shape index (κ3) is 11.9. The average Bonchev–Trinajstić information content (AvgIpc) is 3.76. The van der Waals surface area contributed by atoms with Crippen LogP contribution in [0.3, 0.4) is 0 Å². The Morgan fingerprint density at radius 3 is 1.78 bits per heavy atom. The quantitative estimate of drug-likeness (QED) is 0.155. The number of carboxylic acid groups (broad SMARTS) is 2. The van der Waals surface area contributed by atoms with Crippen LogP contribution in [0.25, 0.3) is 0 Å². The number of likely N-dealkylation sites (tertiary alicyclic amines) is 1. The fourth-order valence-corrected chi connectivity index (χ4v) is 6.60. The minimum Gasteiger partial charge on any atom is -0.497 e. The molecule has 2 N–H and O–H groups in total. The fourth-order valence-electron chi connectivity index (χ4n) is 6.60. The number of ether oxygens (including phenoxy) is 3. The van der Waals surface area contributed by atoms with Gasteiger partial charge in [-0.15, -0.1) is 0 Å². The second kappa shape index (κ2) is 21.4. The van der Waals surface area contributed by atoms with E-state index >= 15 is 0 Å². The Morgan fingerprint density at radius 2 is 1.28 bits per heavy atom. The van der Waals surface area contributed by atoms with Crippen LogP contribution in [0.1, 0.15) is 102 Å². The van der Waals surface area contributed by atoms with Crippen LogP contribution in [0.4, 0.5) is 0 Å².